The number of hydrogen-bond acceptors (Lipinski definition) is 5. The number of nitrogens with one attached hydrogen (secondary N) is 1. The Hall–Kier alpha value is -3.06. The molecule has 2 aliphatic carbocycles. The number of methoxy groups -OCH3 is 2. The number of hydrogen-bond donors (Lipinski definition) is 1. The maximum Gasteiger partial charge on any atom is 0.254 e. The van der Waals surface area contributed by atoms with E-state index in [1.807, 2.05) is 4.90 Å². The Morgan fingerprint density at radius 3 is 2.24 bits per heavy atom. The van der Waals surface area contributed by atoms with Gasteiger partial charge in [0.05, 0.1) is 26.3 Å². The summed E-state index contributed by atoms with van der Waals surface area (Å²) >= 11 is 0. The second-order valence-corrected chi connectivity index (χ2v) is 10.6. The predicted octanol–water partition coefficient (Wildman–Crippen LogP) is 4.21. The van der Waals surface area contributed by atoms with Gasteiger partial charge in [-0.1, -0.05) is 37.1 Å². The lowest BCUT2D eigenvalue weighted by Crippen LogP contribution is -2.58. The van der Waals surface area contributed by atoms with Gasteiger partial charge in [-0.25, -0.2) is 0 Å². The van der Waals surface area contributed by atoms with Crippen molar-refractivity contribution in [3.05, 3.63) is 59.2 Å². The number of amides is 2. The number of carbonyl (C=O) groups is 2. The average molecular weight is 506 g/mol. The molecule has 2 fully saturated rings. The van der Waals surface area contributed by atoms with Crippen molar-refractivity contribution >= 4 is 11.8 Å². The molecule has 2 atom stereocenters. The predicted molar refractivity (Wildman–Crippen MR) is 143 cm³/mol. The third-order valence-corrected chi connectivity index (χ3v) is 8.39. The number of carbonyl (C=O) groups excluding carboxylic acids is 2. The maximum atomic E-state index is 13.8. The summed E-state index contributed by atoms with van der Waals surface area (Å²) in [5.41, 5.74) is 3.19. The van der Waals surface area contributed by atoms with Crippen LogP contribution in [0.2, 0.25) is 0 Å². The molecule has 198 valence electrons. The van der Waals surface area contributed by atoms with Crippen LogP contribution in [0, 0.1) is 5.92 Å². The molecule has 7 nitrogen and oxygen atoms in total. The zero-order valence-electron chi connectivity index (χ0n) is 22.1. The molecule has 3 aliphatic rings. The smallest absolute Gasteiger partial charge is 0.254 e. The van der Waals surface area contributed by atoms with E-state index in [-0.39, 0.29) is 23.9 Å². The van der Waals surface area contributed by atoms with Crippen molar-refractivity contribution < 1.29 is 19.1 Å². The van der Waals surface area contributed by atoms with Gasteiger partial charge in [0, 0.05) is 37.8 Å². The van der Waals surface area contributed by atoms with E-state index in [1.165, 1.54) is 24.0 Å². The molecule has 1 aliphatic heterocycles. The lowest BCUT2D eigenvalue weighted by atomic mass is 9.87. The standard InChI is InChI=1S/C30H39N3O4/c1-36-24-18-23(19-25(20-24)37-2)30(35)33-16-14-32(15-17-33)28(22-9-3-4-10-22)29(34)31-27-13-7-11-21-8-5-6-12-26(21)27/h5-6,8,12,18-20,22,27-28H,3-4,7,9-11,13-17H2,1-2H3,(H,31,34)/t27-,28-/m1/s1. The van der Waals surface area contributed by atoms with Crippen LogP contribution < -0.4 is 14.8 Å². The van der Waals surface area contributed by atoms with Crippen LogP contribution in [0.5, 0.6) is 11.5 Å². The van der Waals surface area contributed by atoms with Crippen molar-refractivity contribution in [3.8, 4) is 11.5 Å². The van der Waals surface area contributed by atoms with Crippen LogP contribution in [0.25, 0.3) is 0 Å². The Labute approximate surface area is 220 Å². The first-order chi connectivity index (χ1) is 18.1. The molecule has 37 heavy (non-hydrogen) atoms. The molecule has 7 heteroatoms. The molecule has 0 spiro atoms. The minimum atomic E-state index is -0.134. The number of ether oxygens (including phenoxy) is 2. The summed E-state index contributed by atoms with van der Waals surface area (Å²) in [4.78, 5) is 31.3. The van der Waals surface area contributed by atoms with Crippen LogP contribution in [0.1, 0.15) is 66.1 Å². The monoisotopic (exact) mass is 505 g/mol. The maximum absolute atomic E-state index is 13.8. The SMILES string of the molecule is COc1cc(OC)cc(C(=O)N2CCN([C@@H](C(=O)N[C@@H]3CCCc4ccccc43)C3CCCC3)CC2)c1. The number of aryl methyl sites for hydroxylation is 1. The van der Waals surface area contributed by atoms with Crippen LogP contribution in [0.4, 0.5) is 0 Å². The van der Waals surface area contributed by atoms with Crippen molar-refractivity contribution in [1.29, 1.82) is 0 Å². The molecule has 2 aromatic rings. The Balaban J connectivity index is 1.27. The highest BCUT2D eigenvalue weighted by Crippen LogP contribution is 2.34. The van der Waals surface area contributed by atoms with E-state index in [9.17, 15) is 9.59 Å². The van der Waals surface area contributed by atoms with Crippen LogP contribution in [-0.4, -0.2) is 68.1 Å². The molecule has 0 bridgehead atoms. The van der Waals surface area contributed by atoms with Crippen LogP contribution in [-0.2, 0) is 11.2 Å². The van der Waals surface area contributed by atoms with E-state index < -0.39 is 0 Å². The van der Waals surface area contributed by atoms with Crippen molar-refractivity contribution in [3.63, 3.8) is 0 Å². The fourth-order valence-corrected chi connectivity index (χ4v) is 6.43. The highest BCUT2D eigenvalue weighted by molar-refractivity contribution is 5.95. The normalized spacial score (nSPS) is 21.2. The third-order valence-electron chi connectivity index (χ3n) is 8.39. The van der Waals surface area contributed by atoms with Gasteiger partial charge in [-0.15, -0.1) is 0 Å². The fourth-order valence-electron chi connectivity index (χ4n) is 6.43. The molecular formula is C30H39N3O4. The zero-order valence-corrected chi connectivity index (χ0v) is 22.1. The Morgan fingerprint density at radius 1 is 0.892 bits per heavy atom. The molecule has 0 radical (unpaired) electrons. The van der Waals surface area contributed by atoms with Crippen molar-refractivity contribution in [2.24, 2.45) is 5.92 Å². The number of rotatable bonds is 7. The number of nitrogens with zero attached hydrogens (tertiary/aromatic N) is 2. The van der Waals surface area contributed by atoms with Crippen molar-refractivity contribution in [1.82, 2.24) is 15.1 Å². The van der Waals surface area contributed by atoms with E-state index in [0.717, 1.165) is 32.1 Å². The van der Waals surface area contributed by atoms with Crippen molar-refractivity contribution in [2.45, 2.75) is 57.0 Å². The molecule has 2 aromatic carbocycles. The van der Waals surface area contributed by atoms with Gasteiger partial charge < -0.3 is 19.7 Å². The number of benzene rings is 2. The van der Waals surface area contributed by atoms with Gasteiger partial charge in [0.15, 0.2) is 0 Å². The molecule has 2 amide bonds. The second-order valence-electron chi connectivity index (χ2n) is 10.6. The first-order valence-corrected chi connectivity index (χ1v) is 13.7. The zero-order chi connectivity index (χ0) is 25.8. The first-order valence-electron chi connectivity index (χ1n) is 13.7. The number of piperazine rings is 1. The van der Waals surface area contributed by atoms with Crippen LogP contribution >= 0.6 is 0 Å². The molecule has 1 saturated carbocycles. The van der Waals surface area contributed by atoms with E-state index in [2.05, 4.69) is 34.5 Å². The van der Waals surface area contributed by atoms with Crippen LogP contribution in [0.3, 0.4) is 0 Å². The third kappa shape index (κ3) is 5.61. The fraction of sp³-hybridized carbons (Fsp3) is 0.533. The highest BCUT2D eigenvalue weighted by Gasteiger charge is 2.38. The summed E-state index contributed by atoms with van der Waals surface area (Å²) in [6.07, 6.45) is 7.76. The molecule has 1 N–H and O–H groups in total. The summed E-state index contributed by atoms with van der Waals surface area (Å²) in [6.45, 7) is 2.59. The summed E-state index contributed by atoms with van der Waals surface area (Å²) in [7, 11) is 3.17. The van der Waals surface area contributed by atoms with E-state index in [1.54, 1.807) is 32.4 Å². The second kappa shape index (κ2) is 11.5. The quantitative estimate of drug-likeness (QED) is 0.610. The number of fused-ring (bicyclic) bond motifs is 1. The average Bonchev–Trinajstić information content (AvgIpc) is 3.47. The lowest BCUT2D eigenvalue weighted by molar-refractivity contribution is -0.130. The van der Waals surface area contributed by atoms with E-state index in [4.69, 9.17) is 9.47 Å². The molecule has 5 rings (SSSR count). The van der Waals surface area contributed by atoms with Crippen LogP contribution in [0.15, 0.2) is 42.5 Å². The Bertz CT molecular complexity index is 1080. The highest BCUT2D eigenvalue weighted by atomic mass is 16.5. The van der Waals surface area contributed by atoms with Gasteiger partial charge in [-0.05, 0) is 61.3 Å². The minimum absolute atomic E-state index is 0.0301. The summed E-state index contributed by atoms with van der Waals surface area (Å²) in [5.74, 6) is 1.71. The largest absolute Gasteiger partial charge is 0.497 e. The Kier molecular flexibility index (Phi) is 7.99. The van der Waals surface area contributed by atoms with Gasteiger partial charge in [0.2, 0.25) is 5.91 Å². The molecular weight excluding hydrogens is 466 g/mol. The summed E-state index contributed by atoms with van der Waals surface area (Å²) in [5, 5.41) is 3.45. The van der Waals surface area contributed by atoms with Crippen molar-refractivity contribution in [2.75, 3.05) is 40.4 Å². The minimum Gasteiger partial charge on any atom is -0.497 e. The molecule has 1 heterocycles. The van der Waals surface area contributed by atoms with Gasteiger partial charge in [0.25, 0.3) is 5.91 Å². The molecule has 0 aromatic heterocycles. The summed E-state index contributed by atoms with van der Waals surface area (Å²) in [6, 6.07) is 13.8. The van der Waals surface area contributed by atoms with Gasteiger partial charge in [0.1, 0.15) is 11.5 Å². The topological polar surface area (TPSA) is 71.1 Å². The van der Waals surface area contributed by atoms with E-state index in [0.29, 0.717) is 49.2 Å². The van der Waals surface area contributed by atoms with E-state index >= 15 is 0 Å². The molecule has 0 unspecified atom stereocenters. The lowest BCUT2D eigenvalue weighted by Gasteiger charge is -2.41. The first kappa shape index (κ1) is 25.6. The summed E-state index contributed by atoms with van der Waals surface area (Å²) < 4.78 is 10.7. The Morgan fingerprint density at radius 2 is 1.57 bits per heavy atom. The van der Waals surface area contributed by atoms with Gasteiger partial charge >= 0.3 is 0 Å². The van der Waals surface area contributed by atoms with Gasteiger partial charge in [-0.2, -0.15) is 0 Å². The molecule has 1 saturated heterocycles. The van der Waals surface area contributed by atoms with Gasteiger partial charge in [-0.3, -0.25) is 14.5 Å².